The summed E-state index contributed by atoms with van der Waals surface area (Å²) >= 11 is 0. The normalized spacial score (nSPS) is 28.2. The average molecular weight is 595 g/mol. The molecule has 0 aliphatic carbocycles. The highest BCUT2D eigenvalue weighted by Crippen LogP contribution is 2.34. The molecule has 0 amide bonds. The Labute approximate surface area is 255 Å². The molecule has 7 heteroatoms. The van der Waals surface area contributed by atoms with Crippen LogP contribution < -0.4 is 0 Å². The molecule has 7 nitrogen and oxygen atoms in total. The van der Waals surface area contributed by atoms with Crippen LogP contribution in [0.1, 0.15) is 155 Å². The van der Waals surface area contributed by atoms with E-state index in [4.69, 9.17) is 14.2 Å². The molecule has 42 heavy (non-hydrogen) atoms. The van der Waals surface area contributed by atoms with Crippen LogP contribution >= 0.6 is 0 Å². The van der Waals surface area contributed by atoms with E-state index >= 15 is 0 Å². The van der Waals surface area contributed by atoms with Gasteiger partial charge in [0, 0.05) is 12.0 Å². The molecule has 244 valence electrons. The number of unbranched alkanes of at least 4 members (excludes halogenated alkanes) is 11. The van der Waals surface area contributed by atoms with E-state index in [0.29, 0.717) is 24.8 Å². The maximum atomic E-state index is 11.7. The zero-order valence-corrected chi connectivity index (χ0v) is 26.7. The van der Waals surface area contributed by atoms with Gasteiger partial charge in [-0.2, -0.15) is 0 Å². The van der Waals surface area contributed by atoms with E-state index in [9.17, 15) is 20.1 Å². The van der Waals surface area contributed by atoms with Crippen LogP contribution in [0.4, 0.5) is 0 Å². The van der Waals surface area contributed by atoms with Crippen molar-refractivity contribution in [2.24, 2.45) is 0 Å². The highest BCUT2D eigenvalue weighted by Gasteiger charge is 2.39. The number of esters is 1. The predicted molar refractivity (Wildman–Crippen MR) is 166 cm³/mol. The Morgan fingerprint density at radius 1 is 0.738 bits per heavy atom. The van der Waals surface area contributed by atoms with Crippen molar-refractivity contribution in [2.75, 3.05) is 0 Å². The van der Waals surface area contributed by atoms with E-state index in [1.165, 1.54) is 57.8 Å². The van der Waals surface area contributed by atoms with Crippen LogP contribution in [-0.4, -0.2) is 70.1 Å². The van der Waals surface area contributed by atoms with Crippen LogP contribution in [0.2, 0.25) is 0 Å². The Bertz CT molecular complexity index is 770. The molecule has 0 aromatic rings. The number of carbonyl (C=O) groups excluding carboxylic acids is 1. The van der Waals surface area contributed by atoms with Crippen molar-refractivity contribution in [2.45, 2.75) is 204 Å². The molecular weight excluding hydrogens is 532 g/mol. The van der Waals surface area contributed by atoms with Crippen LogP contribution in [0.25, 0.3) is 0 Å². The molecule has 4 unspecified atom stereocenters. The van der Waals surface area contributed by atoms with Crippen molar-refractivity contribution in [1.82, 2.24) is 0 Å². The summed E-state index contributed by atoms with van der Waals surface area (Å²) in [5.74, 6) is -0.308. The van der Waals surface area contributed by atoms with Gasteiger partial charge < -0.3 is 29.5 Å². The van der Waals surface area contributed by atoms with Gasteiger partial charge in [-0.1, -0.05) is 90.4 Å². The summed E-state index contributed by atoms with van der Waals surface area (Å²) in [5.41, 5.74) is 0.583. The second-order valence-corrected chi connectivity index (χ2v) is 13.4. The molecule has 0 aromatic heterocycles. The molecule has 0 aromatic carbocycles. The Morgan fingerprint density at radius 3 is 1.98 bits per heavy atom. The van der Waals surface area contributed by atoms with Crippen LogP contribution in [0.5, 0.6) is 0 Å². The van der Waals surface area contributed by atoms with E-state index in [2.05, 4.69) is 6.92 Å². The lowest BCUT2D eigenvalue weighted by Crippen LogP contribution is -2.31. The number of aliphatic hydroxyl groups excluding tert-OH is 3. The first-order valence-electron chi connectivity index (χ1n) is 17.6. The number of cyclic esters (lactones) is 1. The van der Waals surface area contributed by atoms with Crippen molar-refractivity contribution >= 4 is 5.97 Å². The quantitative estimate of drug-likeness (QED) is 0.0858. The largest absolute Gasteiger partial charge is 0.455 e. The van der Waals surface area contributed by atoms with Gasteiger partial charge in [-0.05, 0) is 64.4 Å². The van der Waals surface area contributed by atoms with Crippen molar-refractivity contribution in [3.8, 4) is 0 Å². The van der Waals surface area contributed by atoms with E-state index in [1.807, 2.05) is 6.92 Å². The molecule has 3 heterocycles. The Balaban J connectivity index is 1.17. The van der Waals surface area contributed by atoms with Gasteiger partial charge in [-0.3, -0.25) is 0 Å². The lowest BCUT2D eigenvalue weighted by atomic mass is 9.99. The first-order valence-corrected chi connectivity index (χ1v) is 17.6. The van der Waals surface area contributed by atoms with Gasteiger partial charge in [0.05, 0.1) is 42.7 Å². The number of ether oxygens (including phenoxy) is 3. The van der Waals surface area contributed by atoms with Crippen molar-refractivity contribution < 1.29 is 34.3 Å². The van der Waals surface area contributed by atoms with Crippen LogP contribution in [0, 0.1) is 0 Å². The molecule has 3 aliphatic heterocycles. The van der Waals surface area contributed by atoms with Gasteiger partial charge in [-0.25, -0.2) is 4.79 Å². The zero-order valence-electron chi connectivity index (χ0n) is 26.7. The zero-order chi connectivity index (χ0) is 30.2. The molecule has 8 atom stereocenters. The Kier molecular flexibility index (Phi) is 17.0. The monoisotopic (exact) mass is 594 g/mol. The number of hydrogen-bond acceptors (Lipinski definition) is 7. The van der Waals surface area contributed by atoms with Crippen molar-refractivity contribution in [3.05, 3.63) is 11.6 Å². The third kappa shape index (κ3) is 13.3. The highest BCUT2D eigenvalue weighted by atomic mass is 16.6. The minimum atomic E-state index is -0.527. The average Bonchev–Trinajstić information content (AvgIpc) is 3.70. The summed E-state index contributed by atoms with van der Waals surface area (Å²) < 4.78 is 17.7. The number of carbonyl (C=O) groups is 1. The summed E-state index contributed by atoms with van der Waals surface area (Å²) in [5, 5.41) is 31.5. The third-order valence-electron chi connectivity index (χ3n) is 9.48. The molecule has 2 saturated heterocycles. The first-order chi connectivity index (χ1) is 20.4. The van der Waals surface area contributed by atoms with Gasteiger partial charge in [0.15, 0.2) is 0 Å². The number of aliphatic hydroxyl groups is 3. The van der Waals surface area contributed by atoms with Crippen molar-refractivity contribution in [3.63, 3.8) is 0 Å². The van der Waals surface area contributed by atoms with Gasteiger partial charge in [0.1, 0.15) is 6.10 Å². The van der Waals surface area contributed by atoms with Gasteiger partial charge in [-0.15, -0.1) is 0 Å². The van der Waals surface area contributed by atoms with Crippen LogP contribution in [-0.2, 0) is 19.0 Å². The molecule has 3 rings (SSSR count). The minimum Gasteiger partial charge on any atom is -0.455 e. The molecule has 3 N–H and O–H groups in total. The highest BCUT2D eigenvalue weighted by molar-refractivity contribution is 5.90. The minimum absolute atomic E-state index is 0.0624. The number of hydrogen-bond donors (Lipinski definition) is 3. The fourth-order valence-electron chi connectivity index (χ4n) is 6.95. The summed E-state index contributed by atoms with van der Waals surface area (Å²) in [6.45, 7) is 4.08. The summed E-state index contributed by atoms with van der Waals surface area (Å²) in [4.78, 5) is 11.7. The second-order valence-electron chi connectivity index (χ2n) is 13.4. The molecular formula is C35H62O7. The molecule has 3 aliphatic rings. The van der Waals surface area contributed by atoms with Crippen LogP contribution in [0.3, 0.4) is 0 Å². The van der Waals surface area contributed by atoms with E-state index in [1.54, 1.807) is 6.08 Å². The number of rotatable bonds is 23. The fraction of sp³-hybridized carbons (Fsp3) is 0.914. The summed E-state index contributed by atoms with van der Waals surface area (Å²) in [6, 6.07) is 0. The van der Waals surface area contributed by atoms with E-state index in [-0.39, 0.29) is 48.7 Å². The molecule has 2 fully saturated rings. The topological polar surface area (TPSA) is 105 Å². The maximum absolute atomic E-state index is 11.7. The maximum Gasteiger partial charge on any atom is 0.334 e. The van der Waals surface area contributed by atoms with E-state index < -0.39 is 6.10 Å². The summed E-state index contributed by atoms with van der Waals surface area (Å²) in [7, 11) is 0. The smallest absolute Gasteiger partial charge is 0.334 e. The van der Waals surface area contributed by atoms with Gasteiger partial charge >= 0.3 is 5.97 Å². The lowest BCUT2D eigenvalue weighted by molar-refractivity contribution is -0.139. The molecule has 0 spiro atoms. The Hall–Kier alpha value is -0.990. The predicted octanol–water partition coefficient (Wildman–Crippen LogP) is 7.08. The van der Waals surface area contributed by atoms with Gasteiger partial charge in [0.2, 0.25) is 0 Å². The second kappa shape index (κ2) is 20.1. The standard InChI is InChI=1S/C35H62O7/c1-3-4-5-6-7-8-9-10-11-15-18-31(38)32-21-22-34(42-32)33-20-19-30(41-33)25-29(37)17-14-12-13-16-28(36)24-27-23-26(2)40-35(27)39/h23,26,28-34,36-38H,3-22,24-25H2,1-2H3/t26-,28+,29?,30?,31+,32+,33?,34?/m0/s1. The molecule has 0 radical (unpaired) electrons. The first kappa shape index (κ1) is 35.5. The van der Waals surface area contributed by atoms with Crippen LogP contribution in [0.15, 0.2) is 11.6 Å². The van der Waals surface area contributed by atoms with E-state index in [0.717, 1.165) is 64.2 Å². The Morgan fingerprint density at radius 2 is 1.31 bits per heavy atom. The third-order valence-corrected chi connectivity index (χ3v) is 9.48. The molecule has 0 saturated carbocycles. The summed E-state index contributed by atoms with van der Waals surface area (Å²) in [6.07, 6.45) is 23.3. The molecule has 0 bridgehead atoms. The fourth-order valence-corrected chi connectivity index (χ4v) is 6.95. The van der Waals surface area contributed by atoms with Crippen molar-refractivity contribution in [1.29, 1.82) is 0 Å². The SMILES string of the molecule is CCCCCCCCCCCC[C@@H](O)[C@H]1CCC(C2CCC(CC(O)CCCCC[C@@H](O)CC3=C[C@H](C)OC3=O)O2)O1. The van der Waals surface area contributed by atoms with Gasteiger partial charge in [0.25, 0.3) is 0 Å². The lowest BCUT2D eigenvalue weighted by Gasteiger charge is -2.23.